The summed E-state index contributed by atoms with van der Waals surface area (Å²) in [5, 5.41) is 6.44. The molecule has 9 heteroatoms. The van der Waals surface area contributed by atoms with Crippen LogP contribution in [0.25, 0.3) is 5.95 Å². The van der Waals surface area contributed by atoms with Crippen LogP contribution in [0.5, 0.6) is 0 Å². The Labute approximate surface area is 118 Å². The van der Waals surface area contributed by atoms with Crippen molar-refractivity contribution < 1.29 is 13.6 Å². The molecule has 1 fully saturated rings. The summed E-state index contributed by atoms with van der Waals surface area (Å²) >= 11 is 0. The molecule has 1 saturated carbocycles. The van der Waals surface area contributed by atoms with Crippen molar-refractivity contribution in [2.24, 2.45) is 5.92 Å². The monoisotopic (exact) mass is 294 g/mol. The van der Waals surface area contributed by atoms with E-state index in [1.807, 2.05) is 0 Å². The third-order valence-corrected chi connectivity index (χ3v) is 3.22. The standard InChI is InChI=1S/C12H12F2N6O/c13-12(14)6-8(12)2-3-9(21)19-11-17-7-18-20(11)10-15-4-1-5-16-10/h1,4-5,7-8H,2-3,6H2,(H,17,18,19,21). The molecule has 1 aliphatic rings. The summed E-state index contributed by atoms with van der Waals surface area (Å²) in [6.45, 7) is 0. The lowest BCUT2D eigenvalue weighted by Gasteiger charge is -2.05. The molecule has 0 saturated heterocycles. The minimum atomic E-state index is -2.60. The predicted octanol–water partition coefficient (Wildman–Crippen LogP) is 1.43. The lowest BCUT2D eigenvalue weighted by Crippen LogP contribution is -2.17. The van der Waals surface area contributed by atoms with Gasteiger partial charge in [0.1, 0.15) is 6.33 Å². The van der Waals surface area contributed by atoms with E-state index < -0.39 is 11.8 Å². The van der Waals surface area contributed by atoms with E-state index in [0.717, 1.165) is 0 Å². The number of hydrogen-bond acceptors (Lipinski definition) is 5. The van der Waals surface area contributed by atoms with Gasteiger partial charge in [-0.1, -0.05) is 0 Å². The lowest BCUT2D eigenvalue weighted by atomic mass is 10.2. The van der Waals surface area contributed by atoms with Gasteiger partial charge in [-0.05, 0) is 12.5 Å². The minimum absolute atomic E-state index is 0.0166. The van der Waals surface area contributed by atoms with Gasteiger partial charge in [0, 0.05) is 31.2 Å². The Morgan fingerprint density at radius 3 is 2.76 bits per heavy atom. The summed E-state index contributed by atoms with van der Waals surface area (Å²) in [5.74, 6) is -3.24. The van der Waals surface area contributed by atoms with Crippen molar-refractivity contribution in [3.63, 3.8) is 0 Å². The summed E-state index contributed by atoms with van der Waals surface area (Å²) in [5.41, 5.74) is 0. The first-order valence-corrected chi connectivity index (χ1v) is 6.41. The van der Waals surface area contributed by atoms with Crippen LogP contribution in [0.4, 0.5) is 14.7 Å². The topological polar surface area (TPSA) is 85.6 Å². The van der Waals surface area contributed by atoms with E-state index in [4.69, 9.17) is 0 Å². The van der Waals surface area contributed by atoms with E-state index in [0.29, 0.717) is 0 Å². The van der Waals surface area contributed by atoms with Gasteiger partial charge in [0.15, 0.2) is 0 Å². The maximum absolute atomic E-state index is 12.7. The number of amides is 1. The molecule has 1 unspecified atom stereocenters. The van der Waals surface area contributed by atoms with Gasteiger partial charge in [-0.15, -0.1) is 0 Å². The molecule has 1 N–H and O–H groups in total. The highest BCUT2D eigenvalue weighted by molar-refractivity contribution is 5.89. The van der Waals surface area contributed by atoms with Gasteiger partial charge < -0.3 is 0 Å². The van der Waals surface area contributed by atoms with Crippen LogP contribution in [-0.2, 0) is 4.79 Å². The lowest BCUT2D eigenvalue weighted by molar-refractivity contribution is -0.116. The number of anilines is 1. The van der Waals surface area contributed by atoms with Crippen LogP contribution in [0.1, 0.15) is 19.3 Å². The molecule has 2 aromatic heterocycles. The highest BCUT2D eigenvalue weighted by Gasteiger charge is 2.56. The van der Waals surface area contributed by atoms with Crippen LogP contribution in [0.2, 0.25) is 0 Å². The van der Waals surface area contributed by atoms with Crippen LogP contribution in [-0.4, -0.2) is 36.6 Å². The first kappa shape index (κ1) is 13.5. The van der Waals surface area contributed by atoms with E-state index in [-0.39, 0.29) is 37.1 Å². The molecule has 0 aliphatic heterocycles. The molecule has 2 heterocycles. The van der Waals surface area contributed by atoms with Gasteiger partial charge in [-0.3, -0.25) is 10.1 Å². The SMILES string of the molecule is O=C(CCC1CC1(F)F)Nc1ncnn1-c1ncccn1. The van der Waals surface area contributed by atoms with Crippen LogP contribution >= 0.6 is 0 Å². The van der Waals surface area contributed by atoms with Gasteiger partial charge >= 0.3 is 0 Å². The zero-order valence-electron chi connectivity index (χ0n) is 10.9. The van der Waals surface area contributed by atoms with E-state index in [1.165, 1.54) is 23.4 Å². The fraction of sp³-hybridized carbons (Fsp3) is 0.417. The van der Waals surface area contributed by atoms with Crippen molar-refractivity contribution in [3.8, 4) is 5.95 Å². The van der Waals surface area contributed by atoms with Crippen molar-refractivity contribution in [2.75, 3.05) is 5.32 Å². The summed E-state index contributed by atoms with van der Waals surface area (Å²) < 4.78 is 26.7. The largest absolute Gasteiger partial charge is 0.294 e. The Hall–Kier alpha value is -2.45. The number of carbonyl (C=O) groups is 1. The molecular formula is C12H12F2N6O. The number of halogens is 2. The maximum Gasteiger partial charge on any atom is 0.253 e. The zero-order chi connectivity index (χ0) is 14.9. The quantitative estimate of drug-likeness (QED) is 0.901. The first-order chi connectivity index (χ1) is 10.1. The Bertz CT molecular complexity index is 644. The molecule has 1 atom stereocenters. The maximum atomic E-state index is 12.7. The van der Waals surface area contributed by atoms with Crippen molar-refractivity contribution in [3.05, 3.63) is 24.8 Å². The van der Waals surface area contributed by atoms with Crippen molar-refractivity contribution in [2.45, 2.75) is 25.2 Å². The summed E-state index contributed by atoms with van der Waals surface area (Å²) in [4.78, 5) is 23.6. The molecule has 21 heavy (non-hydrogen) atoms. The predicted molar refractivity (Wildman–Crippen MR) is 67.9 cm³/mol. The summed E-state index contributed by atoms with van der Waals surface area (Å²) in [6.07, 6.45) is 4.36. The van der Waals surface area contributed by atoms with Crippen LogP contribution < -0.4 is 5.32 Å². The van der Waals surface area contributed by atoms with Gasteiger partial charge in [0.2, 0.25) is 11.9 Å². The summed E-state index contributed by atoms with van der Waals surface area (Å²) in [7, 11) is 0. The number of nitrogens with one attached hydrogen (secondary N) is 1. The Balaban J connectivity index is 1.61. The molecule has 0 spiro atoms. The molecule has 7 nitrogen and oxygen atoms in total. The van der Waals surface area contributed by atoms with Gasteiger partial charge in [0.05, 0.1) is 0 Å². The zero-order valence-corrected chi connectivity index (χ0v) is 10.9. The number of aromatic nitrogens is 5. The highest BCUT2D eigenvalue weighted by Crippen LogP contribution is 2.51. The number of hydrogen-bond donors (Lipinski definition) is 1. The van der Waals surface area contributed by atoms with E-state index in [9.17, 15) is 13.6 Å². The van der Waals surface area contributed by atoms with E-state index in [2.05, 4.69) is 25.4 Å². The summed E-state index contributed by atoms with van der Waals surface area (Å²) in [6, 6.07) is 1.65. The van der Waals surface area contributed by atoms with Crippen LogP contribution in [0.15, 0.2) is 24.8 Å². The Kier molecular flexibility index (Phi) is 3.32. The van der Waals surface area contributed by atoms with Gasteiger partial charge in [-0.2, -0.15) is 14.8 Å². The smallest absolute Gasteiger partial charge is 0.253 e. The fourth-order valence-corrected chi connectivity index (χ4v) is 1.95. The number of rotatable bonds is 5. The van der Waals surface area contributed by atoms with E-state index >= 15 is 0 Å². The van der Waals surface area contributed by atoms with Crippen LogP contribution in [0.3, 0.4) is 0 Å². The van der Waals surface area contributed by atoms with Crippen molar-refractivity contribution in [1.82, 2.24) is 24.7 Å². The second-order valence-electron chi connectivity index (χ2n) is 4.79. The Morgan fingerprint density at radius 1 is 1.38 bits per heavy atom. The second kappa shape index (κ2) is 5.15. The fourth-order valence-electron chi connectivity index (χ4n) is 1.95. The highest BCUT2D eigenvalue weighted by atomic mass is 19.3. The Morgan fingerprint density at radius 2 is 2.10 bits per heavy atom. The second-order valence-corrected chi connectivity index (χ2v) is 4.79. The molecule has 110 valence electrons. The molecule has 0 bridgehead atoms. The molecule has 0 aromatic carbocycles. The van der Waals surface area contributed by atoms with Gasteiger partial charge in [0.25, 0.3) is 11.9 Å². The average Bonchev–Trinajstić information content (AvgIpc) is 2.85. The third kappa shape index (κ3) is 3.01. The van der Waals surface area contributed by atoms with E-state index in [1.54, 1.807) is 6.07 Å². The normalized spacial score (nSPS) is 19.2. The first-order valence-electron chi connectivity index (χ1n) is 6.41. The molecule has 3 rings (SSSR count). The van der Waals surface area contributed by atoms with Crippen molar-refractivity contribution in [1.29, 1.82) is 0 Å². The molecule has 1 amide bonds. The molecular weight excluding hydrogens is 282 g/mol. The van der Waals surface area contributed by atoms with Gasteiger partial charge in [-0.25, -0.2) is 18.7 Å². The van der Waals surface area contributed by atoms with Crippen molar-refractivity contribution >= 4 is 11.9 Å². The molecule has 0 radical (unpaired) electrons. The number of carbonyl (C=O) groups excluding carboxylic acids is 1. The number of alkyl halides is 2. The number of nitrogens with zero attached hydrogens (tertiary/aromatic N) is 5. The van der Waals surface area contributed by atoms with Crippen LogP contribution in [0, 0.1) is 5.92 Å². The third-order valence-electron chi connectivity index (χ3n) is 3.22. The molecule has 2 aromatic rings. The average molecular weight is 294 g/mol. The minimum Gasteiger partial charge on any atom is -0.294 e. The molecule has 1 aliphatic carbocycles.